The first kappa shape index (κ1) is 20.0. The van der Waals surface area contributed by atoms with Gasteiger partial charge in [-0.3, -0.25) is 0 Å². The molecule has 1 saturated heterocycles. The van der Waals surface area contributed by atoms with E-state index in [1.807, 2.05) is 60.1 Å². The van der Waals surface area contributed by atoms with E-state index >= 15 is 0 Å². The highest BCUT2D eigenvalue weighted by Crippen LogP contribution is 2.33. The molecule has 2 amide bonds. The fraction of sp³-hybridized carbons (Fsp3) is 0.217. The normalized spacial score (nSPS) is 15.7. The second kappa shape index (κ2) is 8.27. The van der Waals surface area contributed by atoms with Crippen molar-refractivity contribution < 1.29 is 9.53 Å². The van der Waals surface area contributed by atoms with E-state index in [2.05, 4.69) is 20.6 Å². The molecular weight excluding hydrogens is 406 g/mol. The highest BCUT2D eigenvalue weighted by atomic mass is 16.5. The van der Waals surface area contributed by atoms with Crippen molar-refractivity contribution in [3.8, 4) is 11.3 Å². The van der Waals surface area contributed by atoms with Crippen LogP contribution in [0.5, 0.6) is 0 Å². The van der Waals surface area contributed by atoms with E-state index in [-0.39, 0.29) is 12.1 Å². The largest absolute Gasteiger partial charge is 0.383 e. The Balaban J connectivity index is 1.40. The number of rotatable bonds is 4. The van der Waals surface area contributed by atoms with Gasteiger partial charge in [0, 0.05) is 23.5 Å². The standard InChI is InChI=1S/C23H23N7O2/c1-14-3-2-4-17(11-14)28-23(31)27-16-7-5-15(6-8-16)20-19-21(24)25-13-26-22(19)30(29-20)18-9-10-32-12-18/h2-8,11,13,18H,9-10,12H2,1H3,(H2,24,25,26)(H2,27,28,31). The third kappa shape index (κ3) is 3.85. The first-order valence-electron chi connectivity index (χ1n) is 10.4. The lowest BCUT2D eigenvalue weighted by atomic mass is 10.1. The Bertz CT molecular complexity index is 1280. The van der Waals surface area contributed by atoms with Crippen molar-refractivity contribution in [3.05, 3.63) is 60.4 Å². The van der Waals surface area contributed by atoms with Gasteiger partial charge < -0.3 is 21.1 Å². The number of aryl methyl sites for hydroxylation is 1. The predicted molar refractivity (Wildman–Crippen MR) is 123 cm³/mol. The maximum Gasteiger partial charge on any atom is 0.323 e. The molecule has 1 aliphatic rings. The van der Waals surface area contributed by atoms with Crippen molar-refractivity contribution in [2.45, 2.75) is 19.4 Å². The Morgan fingerprint density at radius 2 is 1.94 bits per heavy atom. The fourth-order valence-corrected chi connectivity index (χ4v) is 3.89. The molecular formula is C23H23N7O2. The van der Waals surface area contributed by atoms with E-state index in [0.29, 0.717) is 36.1 Å². The molecule has 9 heteroatoms. The van der Waals surface area contributed by atoms with Crippen LogP contribution in [-0.4, -0.2) is 39.0 Å². The minimum Gasteiger partial charge on any atom is -0.383 e. The van der Waals surface area contributed by atoms with E-state index in [1.54, 1.807) is 0 Å². The van der Waals surface area contributed by atoms with Gasteiger partial charge in [-0.1, -0.05) is 24.3 Å². The molecule has 1 atom stereocenters. The number of benzene rings is 2. The number of nitrogens with zero attached hydrogens (tertiary/aromatic N) is 4. The Hall–Kier alpha value is -3.98. The summed E-state index contributed by atoms with van der Waals surface area (Å²) >= 11 is 0. The van der Waals surface area contributed by atoms with Crippen LogP contribution >= 0.6 is 0 Å². The quantitative estimate of drug-likeness (QED) is 0.451. The molecule has 9 nitrogen and oxygen atoms in total. The molecule has 1 fully saturated rings. The van der Waals surface area contributed by atoms with Gasteiger partial charge in [0.25, 0.3) is 0 Å². The molecule has 5 rings (SSSR count). The molecule has 1 aliphatic heterocycles. The van der Waals surface area contributed by atoms with E-state index in [1.165, 1.54) is 6.33 Å². The van der Waals surface area contributed by atoms with Crippen LogP contribution in [0.15, 0.2) is 54.9 Å². The molecule has 162 valence electrons. The number of aromatic nitrogens is 4. The molecule has 0 bridgehead atoms. The summed E-state index contributed by atoms with van der Waals surface area (Å²) < 4.78 is 7.41. The van der Waals surface area contributed by atoms with Gasteiger partial charge in [-0.2, -0.15) is 5.10 Å². The van der Waals surface area contributed by atoms with Crippen LogP contribution in [-0.2, 0) is 4.74 Å². The zero-order valence-corrected chi connectivity index (χ0v) is 17.6. The Morgan fingerprint density at radius 1 is 1.12 bits per heavy atom. The van der Waals surface area contributed by atoms with Crippen LogP contribution in [0, 0.1) is 6.92 Å². The summed E-state index contributed by atoms with van der Waals surface area (Å²) in [4.78, 5) is 20.9. The highest BCUT2D eigenvalue weighted by molar-refractivity contribution is 6.01. The van der Waals surface area contributed by atoms with Crippen LogP contribution in [0.3, 0.4) is 0 Å². The second-order valence-corrected chi connectivity index (χ2v) is 7.79. The monoisotopic (exact) mass is 429 g/mol. The zero-order valence-electron chi connectivity index (χ0n) is 17.6. The zero-order chi connectivity index (χ0) is 22.1. The summed E-state index contributed by atoms with van der Waals surface area (Å²) in [7, 11) is 0. The number of nitrogen functional groups attached to an aromatic ring is 1. The minimum atomic E-state index is -0.308. The number of hydrogen-bond donors (Lipinski definition) is 3. The van der Waals surface area contributed by atoms with Crippen molar-refractivity contribution in [1.29, 1.82) is 0 Å². The summed E-state index contributed by atoms with van der Waals surface area (Å²) in [6, 6.07) is 14.9. The van der Waals surface area contributed by atoms with Gasteiger partial charge in [-0.25, -0.2) is 19.4 Å². The van der Waals surface area contributed by atoms with Gasteiger partial charge in [0.1, 0.15) is 17.8 Å². The molecule has 1 unspecified atom stereocenters. The van der Waals surface area contributed by atoms with E-state index in [4.69, 9.17) is 15.6 Å². The van der Waals surface area contributed by atoms with Gasteiger partial charge in [-0.05, 0) is 43.2 Å². The number of hydrogen-bond acceptors (Lipinski definition) is 6. The maximum atomic E-state index is 12.3. The molecule has 4 N–H and O–H groups in total. The molecule has 0 radical (unpaired) electrons. The summed E-state index contributed by atoms with van der Waals surface area (Å²) in [5.74, 6) is 0.384. The maximum absolute atomic E-state index is 12.3. The Morgan fingerprint density at radius 3 is 2.69 bits per heavy atom. The number of nitrogens with two attached hydrogens (primary N) is 1. The van der Waals surface area contributed by atoms with Crippen molar-refractivity contribution in [1.82, 2.24) is 19.7 Å². The van der Waals surface area contributed by atoms with Gasteiger partial charge in [0.05, 0.1) is 18.0 Å². The number of amides is 2. The van der Waals surface area contributed by atoms with Crippen molar-refractivity contribution in [3.63, 3.8) is 0 Å². The average molecular weight is 429 g/mol. The number of anilines is 3. The average Bonchev–Trinajstić information content (AvgIpc) is 3.43. The summed E-state index contributed by atoms with van der Waals surface area (Å²) in [5.41, 5.74) is 10.9. The van der Waals surface area contributed by atoms with Crippen LogP contribution in [0.25, 0.3) is 22.3 Å². The lowest BCUT2D eigenvalue weighted by Crippen LogP contribution is -2.19. The lowest BCUT2D eigenvalue weighted by Gasteiger charge is -2.09. The number of urea groups is 1. The molecule has 0 spiro atoms. The summed E-state index contributed by atoms with van der Waals surface area (Å²) in [6.45, 7) is 3.27. The first-order chi connectivity index (χ1) is 15.6. The SMILES string of the molecule is Cc1cccc(NC(=O)Nc2ccc(-c3nn(C4CCOC4)c4ncnc(N)c34)cc2)c1. The second-order valence-electron chi connectivity index (χ2n) is 7.79. The molecule has 3 heterocycles. The predicted octanol–water partition coefficient (Wildman–Crippen LogP) is 3.99. The van der Waals surface area contributed by atoms with Gasteiger partial charge in [-0.15, -0.1) is 0 Å². The number of fused-ring (bicyclic) bond motifs is 1. The third-order valence-corrected chi connectivity index (χ3v) is 5.46. The molecule has 32 heavy (non-hydrogen) atoms. The highest BCUT2D eigenvalue weighted by Gasteiger charge is 2.25. The Kier molecular flexibility index (Phi) is 5.16. The van der Waals surface area contributed by atoms with Gasteiger partial charge in [0.2, 0.25) is 0 Å². The van der Waals surface area contributed by atoms with Crippen molar-refractivity contribution in [2.75, 3.05) is 29.6 Å². The van der Waals surface area contributed by atoms with Gasteiger partial charge >= 0.3 is 6.03 Å². The number of carbonyl (C=O) groups excluding carboxylic acids is 1. The molecule has 0 aliphatic carbocycles. The smallest absolute Gasteiger partial charge is 0.323 e. The lowest BCUT2D eigenvalue weighted by molar-refractivity contribution is 0.185. The van der Waals surface area contributed by atoms with Gasteiger partial charge in [0.15, 0.2) is 5.65 Å². The molecule has 2 aromatic heterocycles. The summed E-state index contributed by atoms with van der Waals surface area (Å²) in [5, 5.41) is 11.2. The fourth-order valence-electron chi connectivity index (χ4n) is 3.89. The molecule has 2 aromatic carbocycles. The number of carbonyl (C=O) groups is 1. The minimum absolute atomic E-state index is 0.117. The van der Waals surface area contributed by atoms with E-state index in [0.717, 1.165) is 28.6 Å². The first-order valence-corrected chi connectivity index (χ1v) is 10.4. The topological polar surface area (TPSA) is 120 Å². The van der Waals surface area contributed by atoms with Crippen molar-refractivity contribution >= 4 is 34.3 Å². The summed E-state index contributed by atoms with van der Waals surface area (Å²) in [6.07, 6.45) is 2.33. The van der Waals surface area contributed by atoms with Crippen molar-refractivity contribution in [2.24, 2.45) is 0 Å². The Labute approximate surface area is 184 Å². The third-order valence-electron chi connectivity index (χ3n) is 5.46. The number of nitrogens with one attached hydrogen (secondary N) is 2. The van der Waals surface area contributed by atoms with Crippen LogP contribution in [0.1, 0.15) is 18.0 Å². The number of ether oxygens (including phenoxy) is 1. The van der Waals surface area contributed by atoms with Crippen LogP contribution < -0.4 is 16.4 Å². The molecule has 4 aromatic rings. The molecule has 0 saturated carbocycles. The van der Waals surface area contributed by atoms with Crippen LogP contribution in [0.4, 0.5) is 22.0 Å². The van der Waals surface area contributed by atoms with Crippen LogP contribution in [0.2, 0.25) is 0 Å². The van der Waals surface area contributed by atoms with E-state index < -0.39 is 0 Å². The van der Waals surface area contributed by atoms with E-state index in [9.17, 15) is 4.79 Å².